The first kappa shape index (κ1) is 19.5. The van der Waals surface area contributed by atoms with Crippen LogP contribution in [0, 0.1) is 5.92 Å². The van der Waals surface area contributed by atoms with Gasteiger partial charge in [-0.3, -0.25) is 4.79 Å². The van der Waals surface area contributed by atoms with E-state index in [9.17, 15) is 9.59 Å². The average Bonchev–Trinajstić information content (AvgIpc) is 2.62. The quantitative estimate of drug-likeness (QED) is 0.719. The van der Waals surface area contributed by atoms with Crippen LogP contribution in [0.15, 0.2) is 0 Å². The van der Waals surface area contributed by atoms with Gasteiger partial charge in [0.1, 0.15) is 0 Å². The number of carbonyl (C=O) groups is 2. The number of rotatable bonds is 3. The first-order chi connectivity index (χ1) is 12.5. The number of carbonyl (C=O) groups excluding carboxylic acids is 2. The lowest BCUT2D eigenvalue weighted by molar-refractivity contribution is -0.129. The standard InChI is InChI=1S/C20H36N4O2/c1-20(21)12-6-5-9-17(20)18(25)22-16-10-13-24(14-11-16)19(26)23-15-7-3-2-4-8-15/h15-17H,2-14,21H2,1H3,(H,22,25)(H,23,26). The van der Waals surface area contributed by atoms with Gasteiger partial charge in [0.05, 0.1) is 5.92 Å². The summed E-state index contributed by atoms with van der Waals surface area (Å²) in [7, 11) is 0. The van der Waals surface area contributed by atoms with Gasteiger partial charge in [0.25, 0.3) is 0 Å². The van der Waals surface area contributed by atoms with Crippen LogP contribution in [0.4, 0.5) is 4.79 Å². The minimum Gasteiger partial charge on any atom is -0.353 e. The van der Waals surface area contributed by atoms with Crippen LogP contribution in [0.2, 0.25) is 0 Å². The summed E-state index contributed by atoms with van der Waals surface area (Å²) >= 11 is 0. The molecule has 0 aromatic heterocycles. The molecule has 2 saturated carbocycles. The lowest BCUT2D eigenvalue weighted by Gasteiger charge is -2.39. The summed E-state index contributed by atoms with van der Waals surface area (Å²) in [6, 6.07) is 0.588. The maximum Gasteiger partial charge on any atom is 0.317 e. The Morgan fingerprint density at radius 2 is 1.50 bits per heavy atom. The highest BCUT2D eigenvalue weighted by Gasteiger charge is 2.38. The van der Waals surface area contributed by atoms with Gasteiger partial charge in [0, 0.05) is 30.7 Å². The van der Waals surface area contributed by atoms with Crippen LogP contribution in [0.3, 0.4) is 0 Å². The molecule has 2 atom stereocenters. The van der Waals surface area contributed by atoms with Crippen LogP contribution in [-0.2, 0) is 4.79 Å². The largest absolute Gasteiger partial charge is 0.353 e. The molecule has 3 fully saturated rings. The summed E-state index contributed by atoms with van der Waals surface area (Å²) in [4.78, 5) is 27.0. The fourth-order valence-electron chi connectivity index (χ4n) is 4.83. The second kappa shape index (κ2) is 8.59. The SMILES string of the molecule is CC1(N)CCCCC1C(=O)NC1CCN(C(=O)NC2CCCCC2)CC1. The Hall–Kier alpha value is -1.30. The molecule has 3 rings (SSSR count). The lowest BCUT2D eigenvalue weighted by atomic mass is 9.74. The van der Waals surface area contributed by atoms with Crippen LogP contribution < -0.4 is 16.4 Å². The van der Waals surface area contributed by atoms with E-state index in [1.54, 1.807) is 0 Å². The van der Waals surface area contributed by atoms with Gasteiger partial charge in [0.2, 0.25) is 5.91 Å². The normalized spacial score (nSPS) is 31.5. The van der Waals surface area contributed by atoms with E-state index in [0.717, 1.165) is 51.4 Å². The molecule has 0 aromatic rings. The summed E-state index contributed by atoms with van der Waals surface area (Å²) in [5.41, 5.74) is 5.97. The number of hydrogen-bond acceptors (Lipinski definition) is 3. The zero-order valence-electron chi connectivity index (χ0n) is 16.3. The molecule has 6 heteroatoms. The number of hydrogen-bond donors (Lipinski definition) is 3. The van der Waals surface area contributed by atoms with Gasteiger partial charge in [-0.2, -0.15) is 0 Å². The number of likely N-dealkylation sites (tertiary alicyclic amines) is 1. The molecule has 1 heterocycles. The van der Waals surface area contributed by atoms with E-state index in [4.69, 9.17) is 5.73 Å². The number of nitrogens with two attached hydrogens (primary N) is 1. The monoisotopic (exact) mass is 364 g/mol. The van der Waals surface area contributed by atoms with E-state index in [1.807, 2.05) is 11.8 Å². The Morgan fingerprint density at radius 1 is 0.885 bits per heavy atom. The van der Waals surface area contributed by atoms with Crippen LogP contribution in [0.25, 0.3) is 0 Å². The first-order valence-corrected chi connectivity index (χ1v) is 10.6. The predicted octanol–water partition coefficient (Wildman–Crippen LogP) is 2.52. The number of piperidine rings is 1. The Labute approximate surface area is 157 Å². The van der Waals surface area contributed by atoms with E-state index < -0.39 is 0 Å². The number of amides is 3. The maximum absolute atomic E-state index is 12.7. The molecule has 26 heavy (non-hydrogen) atoms. The molecule has 0 spiro atoms. The zero-order valence-corrected chi connectivity index (χ0v) is 16.3. The molecule has 148 valence electrons. The van der Waals surface area contributed by atoms with Gasteiger partial charge in [-0.25, -0.2) is 4.79 Å². The smallest absolute Gasteiger partial charge is 0.317 e. The Balaban J connectivity index is 1.41. The summed E-state index contributed by atoms with van der Waals surface area (Å²) < 4.78 is 0. The van der Waals surface area contributed by atoms with E-state index in [-0.39, 0.29) is 29.4 Å². The third-order valence-corrected chi connectivity index (χ3v) is 6.63. The number of urea groups is 1. The van der Waals surface area contributed by atoms with Crippen molar-refractivity contribution in [3.63, 3.8) is 0 Å². The van der Waals surface area contributed by atoms with Crippen LogP contribution in [-0.4, -0.2) is 47.6 Å². The van der Waals surface area contributed by atoms with Crippen molar-refractivity contribution in [3.8, 4) is 0 Å². The fourth-order valence-corrected chi connectivity index (χ4v) is 4.83. The minimum atomic E-state index is -0.386. The average molecular weight is 365 g/mol. The van der Waals surface area contributed by atoms with E-state index in [0.29, 0.717) is 19.1 Å². The highest BCUT2D eigenvalue weighted by atomic mass is 16.2. The van der Waals surface area contributed by atoms with Crippen LogP contribution >= 0.6 is 0 Å². The highest BCUT2D eigenvalue weighted by Crippen LogP contribution is 2.32. The molecule has 0 aromatic carbocycles. The Morgan fingerprint density at radius 3 is 2.15 bits per heavy atom. The Bertz CT molecular complexity index is 494. The van der Waals surface area contributed by atoms with Crippen molar-refractivity contribution >= 4 is 11.9 Å². The third-order valence-electron chi connectivity index (χ3n) is 6.63. The Kier molecular flexibility index (Phi) is 6.43. The summed E-state index contributed by atoms with van der Waals surface area (Å²) in [6.07, 6.45) is 11.6. The summed E-state index contributed by atoms with van der Waals surface area (Å²) in [6.45, 7) is 3.44. The topological polar surface area (TPSA) is 87.5 Å². The summed E-state index contributed by atoms with van der Waals surface area (Å²) in [5.74, 6) is 0.0312. The summed E-state index contributed by atoms with van der Waals surface area (Å²) in [5, 5.41) is 6.40. The van der Waals surface area contributed by atoms with Crippen molar-refractivity contribution in [2.75, 3.05) is 13.1 Å². The molecule has 0 radical (unpaired) electrons. The maximum atomic E-state index is 12.7. The van der Waals surface area contributed by atoms with E-state index in [2.05, 4.69) is 10.6 Å². The predicted molar refractivity (Wildman–Crippen MR) is 103 cm³/mol. The van der Waals surface area contributed by atoms with E-state index in [1.165, 1.54) is 19.3 Å². The fraction of sp³-hybridized carbons (Fsp3) is 0.900. The molecule has 6 nitrogen and oxygen atoms in total. The number of nitrogens with zero attached hydrogens (tertiary/aromatic N) is 1. The van der Waals surface area contributed by atoms with Gasteiger partial charge in [-0.15, -0.1) is 0 Å². The van der Waals surface area contributed by atoms with E-state index >= 15 is 0 Å². The van der Waals surface area contributed by atoms with Gasteiger partial charge in [-0.05, 0) is 45.4 Å². The van der Waals surface area contributed by atoms with Crippen molar-refractivity contribution in [2.45, 2.75) is 95.2 Å². The molecule has 1 aliphatic heterocycles. The number of nitrogens with one attached hydrogen (secondary N) is 2. The molecule has 2 unspecified atom stereocenters. The molecule has 3 aliphatic rings. The second-order valence-electron chi connectivity index (χ2n) is 8.86. The van der Waals surface area contributed by atoms with Crippen LogP contribution in [0.5, 0.6) is 0 Å². The molecule has 0 bridgehead atoms. The third kappa shape index (κ3) is 4.90. The van der Waals surface area contributed by atoms with Gasteiger partial charge >= 0.3 is 6.03 Å². The lowest BCUT2D eigenvalue weighted by Crippen LogP contribution is -2.56. The van der Waals surface area contributed by atoms with Crippen molar-refractivity contribution < 1.29 is 9.59 Å². The van der Waals surface area contributed by atoms with Crippen molar-refractivity contribution in [1.82, 2.24) is 15.5 Å². The molecule has 1 saturated heterocycles. The zero-order chi connectivity index (χ0) is 18.6. The molecule has 2 aliphatic carbocycles. The van der Waals surface area contributed by atoms with Gasteiger partial charge in [0.15, 0.2) is 0 Å². The van der Waals surface area contributed by atoms with Crippen molar-refractivity contribution in [2.24, 2.45) is 11.7 Å². The molecule has 4 N–H and O–H groups in total. The second-order valence-corrected chi connectivity index (χ2v) is 8.86. The van der Waals surface area contributed by atoms with Crippen molar-refractivity contribution in [1.29, 1.82) is 0 Å². The minimum absolute atomic E-state index is 0.0727. The van der Waals surface area contributed by atoms with Gasteiger partial charge < -0.3 is 21.3 Å². The molecular weight excluding hydrogens is 328 g/mol. The molecule has 3 amide bonds. The van der Waals surface area contributed by atoms with Gasteiger partial charge in [-0.1, -0.05) is 32.1 Å². The van der Waals surface area contributed by atoms with Crippen LogP contribution in [0.1, 0.15) is 77.6 Å². The first-order valence-electron chi connectivity index (χ1n) is 10.6. The van der Waals surface area contributed by atoms with Crippen molar-refractivity contribution in [3.05, 3.63) is 0 Å². The highest BCUT2D eigenvalue weighted by molar-refractivity contribution is 5.80. The molecular formula is C20H36N4O2.